The summed E-state index contributed by atoms with van der Waals surface area (Å²) >= 11 is 0. The summed E-state index contributed by atoms with van der Waals surface area (Å²) in [6, 6.07) is 14.9. The molecule has 156 valence electrons. The maximum Gasteiger partial charge on any atom is 0.269 e. The highest BCUT2D eigenvalue weighted by Gasteiger charge is 2.29. The molecule has 4 rings (SSSR count). The summed E-state index contributed by atoms with van der Waals surface area (Å²) in [5, 5.41) is 15.2. The summed E-state index contributed by atoms with van der Waals surface area (Å²) in [6.07, 6.45) is 3.81. The summed E-state index contributed by atoms with van der Waals surface area (Å²) in [7, 11) is -3.67. The second-order valence-electron chi connectivity index (χ2n) is 7.06. The van der Waals surface area contributed by atoms with Gasteiger partial charge in [-0.1, -0.05) is 18.2 Å². The lowest BCUT2D eigenvalue weighted by molar-refractivity contribution is -0.384. The van der Waals surface area contributed by atoms with Crippen LogP contribution in [0.4, 0.5) is 5.69 Å². The first kappa shape index (κ1) is 20.2. The van der Waals surface area contributed by atoms with Crippen molar-refractivity contribution in [3.63, 3.8) is 0 Å². The van der Waals surface area contributed by atoms with Gasteiger partial charge in [0.2, 0.25) is 10.0 Å². The Morgan fingerprint density at radius 1 is 0.967 bits per heavy atom. The fraction of sp³-hybridized carbons (Fsp3) is 0.250. The molecule has 2 aromatic carbocycles. The minimum Gasteiger partial charge on any atom is -0.296 e. The van der Waals surface area contributed by atoms with E-state index in [0.29, 0.717) is 32.7 Å². The lowest BCUT2D eigenvalue weighted by Crippen LogP contribution is -2.48. The number of hydrogen-bond donors (Lipinski definition) is 0. The number of benzene rings is 2. The number of para-hydroxylation sites is 1. The Kier molecular flexibility index (Phi) is 5.62. The standard InChI is InChI=1S/C20H21N5O4S/c26-25(27)19-6-8-20(9-7-19)30(28,29)23-12-10-22(11-13-23)15-17-14-21-24(16-17)18-4-2-1-3-5-18/h1-9,14,16H,10-13,15H2. The number of non-ortho nitro benzene ring substituents is 1. The van der Waals surface area contributed by atoms with E-state index in [1.165, 1.54) is 28.6 Å². The molecule has 0 N–H and O–H groups in total. The number of rotatable bonds is 6. The molecule has 0 bridgehead atoms. The van der Waals surface area contributed by atoms with Gasteiger partial charge in [-0.05, 0) is 24.3 Å². The van der Waals surface area contributed by atoms with Gasteiger partial charge in [0.05, 0.1) is 21.7 Å². The van der Waals surface area contributed by atoms with Crippen molar-refractivity contribution in [1.29, 1.82) is 0 Å². The Morgan fingerprint density at radius 2 is 1.63 bits per heavy atom. The van der Waals surface area contributed by atoms with Crippen LogP contribution in [-0.2, 0) is 16.6 Å². The first-order valence-corrected chi connectivity index (χ1v) is 10.9. The van der Waals surface area contributed by atoms with E-state index in [9.17, 15) is 18.5 Å². The maximum absolute atomic E-state index is 12.8. The quantitative estimate of drug-likeness (QED) is 0.442. The number of nitrogens with zero attached hydrogens (tertiary/aromatic N) is 5. The van der Waals surface area contributed by atoms with Crippen molar-refractivity contribution in [2.45, 2.75) is 11.4 Å². The molecule has 9 nitrogen and oxygen atoms in total. The molecule has 1 aliphatic rings. The number of hydrogen-bond acceptors (Lipinski definition) is 6. The second-order valence-corrected chi connectivity index (χ2v) is 9.00. The third-order valence-electron chi connectivity index (χ3n) is 5.08. The molecule has 0 radical (unpaired) electrons. The first-order valence-electron chi connectivity index (χ1n) is 9.49. The van der Waals surface area contributed by atoms with Gasteiger partial charge >= 0.3 is 0 Å². The zero-order chi connectivity index (χ0) is 21.1. The van der Waals surface area contributed by atoms with E-state index in [-0.39, 0.29) is 10.6 Å². The molecule has 1 saturated heterocycles. The van der Waals surface area contributed by atoms with E-state index in [1.807, 2.05) is 47.4 Å². The minimum atomic E-state index is -3.67. The molecule has 0 atom stereocenters. The van der Waals surface area contributed by atoms with Gasteiger partial charge in [0, 0.05) is 56.6 Å². The Hall–Kier alpha value is -3.08. The number of nitro benzene ring substituents is 1. The third-order valence-corrected chi connectivity index (χ3v) is 6.99. The van der Waals surface area contributed by atoms with Gasteiger partial charge in [-0.15, -0.1) is 0 Å². The van der Waals surface area contributed by atoms with E-state index in [4.69, 9.17) is 0 Å². The van der Waals surface area contributed by atoms with Gasteiger partial charge in [-0.3, -0.25) is 15.0 Å². The smallest absolute Gasteiger partial charge is 0.269 e. The molecule has 0 unspecified atom stereocenters. The molecule has 2 heterocycles. The van der Waals surface area contributed by atoms with Crippen molar-refractivity contribution < 1.29 is 13.3 Å². The lowest BCUT2D eigenvalue weighted by Gasteiger charge is -2.33. The molecule has 30 heavy (non-hydrogen) atoms. The highest BCUT2D eigenvalue weighted by molar-refractivity contribution is 7.89. The number of aromatic nitrogens is 2. The van der Waals surface area contributed by atoms with Gasteiger partial charge in [0.25, 0.3) is 5.69 Å². The zero-order valence-electron chi connectivity index (χ0n) is 16.2. The maximum atomic E-state index is 12.8. The van der Waals surface area contributed by atoms with E-state index < -0.39 is 14.9 Å². The van der Waals surface area contributed by atoms with E-state index in [0.717, 1.165) is 11.3 Å². The SMILES string of the molecule is O=[N+]([O-])c1ccc(S(=O)(=O)N2CCN(Cc3cnn(-c4ccccc4)c3)CC2)cc1. The van der Waals surface area contributed by atoms with Crippen molar-refractivity contribution >= 4 is 15.7 Å². The predicted octanol–water partition coefficient (Wildman–Crippen LogP) is 2.29. The normalized spacial score (nSPS) is 15.9. The molecule has 0 amide bonds. The van der Waals surface area contributed by atoms with E-state index in [1.54, 1.807) is 0 Å². The number of piperazine rings is 1. The third kappa shape index (κ3) is 4.25. The number of sulfonamides is 1. The van der Waals surface area contributed by atoms with Gasteiger partial charge in [0.15, 0.2) is 0 Å². The summed E-state index contributed by atoms with van der Waals surface area (Å²) in [4.78, 5) is 12.5. The molecule has 1 fully saturated rings. The summed E-state index contributed by atoms with van der Waals surface area (Å²) < 4.78 is 28.9. The molecular formula is C20H21N5O4S. The molecular weight excluding hydrogens is 406 g/mol. The highest BCUT2D eigenvalue weighted by Crippen LogP contribution is 2.21. The molecule has 0 spiro atoms. The molecule has 10 heteroatoms. The van der Waals surface area contributed by atoms with Crippen LogP contribution in [0.1, 0.15) is 5.56 Å². The van der Waals surface area contributed by atoms with Crippen LogP contribution in [0, 0.1) is 10.1 Å². The summed E-state index contributed by atoms with van der Waals surface area (Å²) in [6.45, 7) is 2.63. The van der Waals surface area contributed by atoms with Crippen LogP contribution in [-0.4, -0.2) is 58.5 Å². The van der Waals surface area contributed by atoms with Gasteiger partial charge in [-0.2, -0.15) is 9.40 Å². The topological polar surface area (TPSA) is 102 Å². The van der Waals surface area contributed by atoms with Crippen LogP contribution in [0.2, 0.25) is 0 Å². The number of nitro groups is 1. The molecule has 3 aromatic rings. The Labute approximate surface area is 174 Å². The van der Waals surface area contributed by atoms with Crippen LogP contribution in [0.5, 0.6) is 0 Å². The van der Waals surface area contributed by atoms with Crippen molar-refractivity contribution in [2.24, 2.45) is 0 Å². The highest BCUT2D eigenvalue weighted by atomic mass is 32.2. The molecule has 1 aromatic heterocycles. The average molecular weight is 427 g/mol. The average Bonchev–Trinajstić information content (AvgIpc) is 3.23. The van der Waals surface area contributed by atoms with Gasteiger partial charge < -0.3 is 0 Å². The van der Waals surface area contributed by atoms with Crippen molar-refractivity contribution in [3.8, 4) is 5.69 Å². The second kappa shape index (κ2) is 8.34. The van der Waals surface area contributed by atoms with Crippen LogP contribution in [0.25, 0.3) is 5.69 Å². The monoisotopic (exact) mass is 427 g/mol. The van der Waals surface area contributed by atoms with E-state index >= 15 is 0 Å². The van der Waals surface area contributed by atoms with Crippen LogP contribution in [0.3, 0.4) is 0 Å². The molecule has 0 aliphatic carbocycles. The zero-order valence-corrected chi connectivity index (χ0v) is 17.0. The fourth-order valence-corrected chi connectivity index (χ4v) is 4.86. The minimum absolute atomic E-state index is 0.0747. The summed E-state index contributed by atoms with van der Waals surface area (Å²) in [5.41, 5.74) is 1.92. The van der Waals surface area contributed by atoms with Crippen LogP contribution in [0.15, 0.2) is 71.9 Å². The molecule has 0 saturated carbocycles. The van der Waals surface area contributed by atoms with Gasteiger partial charge in [0.1, 0.15) is 0 Å². The van der Waals surface area contributed by atoms with Crippen LogP contribution >= 0.6 is 0 Å². The van der Waals surface area contributed by atoms with E-state index in [2.05, 4.69) is 10.00 Å². The van der Waals surface area contributed by atoms with Crippen molar-refractivity contribution in [2.75, 3.05) is 26.2 Å². The van der Waals surface area contributed by atoms with Crippen LogP contribution < -0.4 is 0 Å². The largest absolute Gasteiger partial charge is 0.296 e. The van der Waals surface area contributed by atoms with Crippen molar-refractivity contribution in [1.82, 2.24) is 19.0 Å². The first-order chi connectivity index (χ1) is 14.4. The Morgan fingerprint density at radius 3 is 2.27 bits per heavy atom. The Bertz CT molecular complexity index is 1120. The van der Waals surface area contributed by atoms with Crippen molar-refractivity contribution in [3.05, 3.63) is 82.7 Å². The molecule has 1 aliphatic heterocycles. The Balaban J connectivity index is 1.37. The predicted molar refractivity (Wildman–Crippen MR) is 111 cm³/mol. The summed E-state index contributed by atoms with van der Waals surface area (Å²) in [5.74, 6) is 0. The van der Waals surface area contributed by atoms with Gasteiger partial charge in [-0.25, -0.2) is 13.1 Å². The fourth-order valence-electron chi connectivity index (χ4n) is 3.44. The lowest BCUT2D eigenvalue weighted by atomic mass is 10.3.